The highest BCUT2D eigenvalue weighted by atomic mass is 16.5. The number of carbonyl (C=O) groups excluding carboxylic acids is 1. The van der Waals surface area contributed by atoms with Gasteiger partial charge >= 0.3 is 0 Å². The van der Waals surface area contributed by atoms with E-state index >= 15 is 0 Å². The fourth-order valence-corrected chi connectivity index (χ4v) is 2.55. The molecule has 0 aliphatic rings. The first-order valence-corrected chi connectivity index (χ1v) is 6.90. The summed E-state index contributed by atoms with van der Waals surface area (Å²) in [4.78, 5) is 12.0. The minimum Gasteiger partial charge on any atom is -0.497 e. The van der Waals surface area contributed by atoms with Gasteiger partial charge in [0.05, 0.1) is 14.2 Å². The Kier molecular flexibility index (Phi) is 3.59. The average Bonchev–Trinajstić information content (AvgIpc) is 2.94. The van der Waals surface area contributed by atoms with Gasteiger partial charge < -0.3 is 13.9 Å². The maximum Gasteiger partial charge on any atom is 0.195 e. The van der Waals surface area contributed by atoms with Crippen LogP contribution in [-0.4, -0.2) is 20.0 Å². The Morgan fingerprint density at radius 2 is 1.73 bits per heavy atom. The van der Waals surface area contributed by atoms with E-state index in [1.807, 2.05) is 42.5 Å². The van der Waals surface area contributed by atoms with Crippen LogP contribution in [0.15, 0.2) is 46.9 Å². The van der Waals surface area contributed by atoms with E-state index in [1.54, 1.807) is 14.2 Å². The molecule has 0 unspecified atom stereocenters. The summed E-state index contributed by atoms with van der Waals surface area (Å²) in [6.07, 6.45) is 0. The number of methoxy groups -OCH3 is 2. The highest BCUT2D eigenvalue weighted by Crippen LogP contribution is 2.39. The first-order valence-electron chi connectivity index (χ1n) is 6.90. The van der Waals surface area contributed by atoms with Crippen LogP contribution in [0.25, 0.3) is 22.1 Å². The molecule has 0 saturated heterocycles. The number of ether oxygens (including phenoxy) is 2. The molecular weight excluding hydrogens is 280 g/mol. The maximum atomic E-state index is 12.0. The third kappa shape index (κ3) is 2.22. The van der Waals surface area contributed by atoms with Gasteiger partial charge in [-0.15, -0.1) is 0 Å². The summed E-state index contributed by atoms with van der Waals surface area (Å²) in [6.45, 7) is 1.50. The van der Waals surface area contributed by atoms with Crippen LogP contribution in [-0.2, 0) is 0 Å². The Hall–Kier alpha value is -2.75. The van der Waals surface area contributed by atoms with Crippen LogP contribution in [0, 0.1) is 0 Å². The molecule has 0 N–H and O–H groups in total. The Balaban J connectivity index is 2.30. The molecule has 1 heterocycles. The van der Waals surface area contributed by atoms with E-state index in [0.717, 1.165) is 22.3 Å². The van der Waals surface area contributed by atoms with Crippen LogP contribution in [0.4, 0.5) is 0 Å². The minimum atomic E-state index is -0.121. The number of benzene rings is 2. The van der Waals surface area contributed by atoms with Gasteiger partial charge in [-0.05, 0) is 23.8 Å². The lowest BCUT2D eigenvalue weighted by Crippen LogP contribution is -1.92. The van der Waals surface area contributed by atoms with Gasteiger partial charge in [0.25, 0.3) is 0 Å². The smallest absolute Gasteiger partial charge is 0.195 e. The second-order valence-electron chi connectivity index (χ2n) is 4.93. The Morgan fingerprint density at radius 3 is 2.32 bits per heavy atom. The normalized spacial score (nSPS) is 10.7. The molecule has 1 aromatic heterocycles. The third-order valence-corrected chi connectivity index (χ3v) is 3.60. The number of furan rings is 1. The molecule has 3 aromatic rings. The number of hydrogen-bond donors (Lipinski definition) is 0. The molecule has 22 heavy (non-hydrogen) atoms. The molecule has 0 fully saturated rings. The van der Waals surface area contributed by atoms with Crippen molar-refractivity contribution in [2.24, 2.45) is 0 Å². The zero-order valence-electron chi connectivity index (χ0n) is 12.7. The maximum absolute atomic E-state index is 12.0. The Bertz CT molecular complexity index is 828. The number of para-hydroxylation sites is 1. The number of ketones is 1. The van der Waals surface area contributed by atoms with E-state index < -0.39 is 0 Å². The summed E-state index contributed by atoms with van der Waals surface area (Å²) in [6, 6.07) is 13.2. The van der Waals surface area contributed by atoms with Gasteiger partial charge in [0.2, 0.25) is 0 Å². The molecule has 0 amide bonds. The molecule has 112 valence electrons. The monoisotopic (exact) mass is 296 g/mol. The average molecular weight is 296 g/mol. The molecule has 0 spiro atoms. The van der Waals surface area contributed by atoms with E-state index in [2.05, 4.69) is 0 Å². The van der Waals surface area contributed by atoms with E-state index in [4.69, 9.17) is 13.9 Å². The summed E-state index contributed by atoms with van der Waals surface area (Å²) >= 11 is 0. The molecule has 4 heteroatoms. The van der Waals surface area contributed by atoms with Crippen LogP contribution in [0.1, 0.15) is 17.5 Å². The SMILES string of the molecule is COc1ccc(-c2c(C(C)=O)oc3c(OC)cccc23)cc1. The standard InChI is InChI=1S/C18H16O4/c1-11(19)17-16(12-7-9-13(20-2)10-8-12)14-5-4-6-15(21-3)18(14)22-17/h4-10H,1-3H3. The fourth-order valence-electron chi connectivity index (χ4n) is 2.55. The molecule has 0 aliphatic carbocycles. The Morgan fingerprint density at radius 1 is 1.00 bits per heavy atom. The largest absolute Gasteiger partial charge is 0.497 e. The van der Waals surface area contributed by atoms with Crippen LogP contribution in [0.2, 0.25) is 0 Å². The van der Waals surface area contributed by atoms with Crippen LogP contribution >= 0.6 is 0 Å². The molecule has 0 saturated carbocycles. The summed E-state index contributed by atoms with van der Waals surface area (Å²) < 4.78 is 16.3. The molecule has 0 atom stereocenters. The molecule has 3 rings (SSSR count). The predicted molar refractivity (Wildman–Crippen MR) is 84.8 cm³/mol. The van der Waals surface area contributed by atoms with Crippen molar-refractivity contribution in [3.05, 3.63) is 48.2 Å². The van der Waals surface area contributed by atoms with Crippen molar-refractivity contribution in [1.82, 2.24) is 0 Å². The highest BCUT2D eigenvalue weighted by molar-refractivity contribution is 6.09. The van der Waals surface area contributed by atoms with Crippen LogP contribution in [0.5, 0.6) is 11.5 Å². The second kappa shape index (κ2) is 5.56. The van der Waals surface area contributed by atoms with E-state index in [-0.39, 0.29) is 5.78 Å². The van der Waals surface area contributed by atoms with Crippen LogP contribution < -0.4 is 9.47 Å². The zero-order chi connectivity index (χ0) is 15.7. The second-order valence-corrected chi connectivity index (χ2v) is 4.93. The molecule has 0 aliphatic heterocycles. The van der Waals surface area contributed by atoms with Gasteiger partial charge in [0, 0.05) is 17.9 Å². The van der Waals surface area contributed by atoms with Crippen molar-refractivity contribution >= 4 is 16.8 Å². The van der Waals surface area contributed by atoms with E-state index in [0.29, 0.717) is 17.1 Å². The zero-order valence-corrected chi connectivity index (χ0v) is 12.7. The first-order chi connectivity index (χ1) is 10.7. The summed E-state index contributed by atoms with van der Waals surface area (Å²) in [7, 11) is 3.20. The van der Waals surface area contributed by atoms with Crippen molar-refractivity contribution < 1.29 is 18.7 Å². The lowest BCUT2D eigenvalue weighted by Gasteiger charge is -2.04. The Labute approximate surface area is 128 Å². The predicted octanol–water partition coefficient (Wildman–Crippen LogP) is 4.32. The summed E-state index contributed by atoms with van der Waals surface area (Å²) in [5, 5.41) is 0.856. The number of rotatable bonds is 4. The third-order valence-electron chi connectivity index (χ3n) is 3.60. The van der Waals surface area contributed by atoms with Gasteiger partial charge in [-0.3, -0.25) is 4.79 Å². The fraction of sp³-hybridized carbons (Fsp3) is 0.167. The quantitative estimate of drug-likeness (QED) is 0.673. The number of fused-ring (bicyclic) bond motifs is 1. The summed E-state index contributed by atoms with van der Waals surface area (Å²) in [5.74, 6) is 1.59. The van der Waals surface area contributed by atoms with Crippen molar-refractivity contribution in [2.75, 3.05) is 14.2 Å². The molecule has 0 radical (unpaired) electrons. The van der Waals surface area contributed by atoms with Gasteiger partial charge in [-0.25, -0.2) is 0 Å². The number of Topliss-reactive ketones (excluding diaryl/α,β-unsaturated/α-hetero) is 1. The molecule has 4 nitrogen and oxygen atoms in total. The van der Waals surface area contributed by atoms with E-state index in [1.165, 1.54) is 6.92 Å². The van der Waals surface area contributed by atoms with Gasteiger partial charge in [-0.2, -0.15) is 0 Å². The van der Waals surface area contributed by atoms with Crippen molar-refractivity contribution in [3.63, 3.8) is 0 Å². The highest BCUT2D eigenvalue weighted by Gasteiger charge is 2.21. The minimum absolute atomic E-state index is 0.121. The molecule has 0 bridgehead atoms. The number of carbonyl (C=O) groups is 1. The van der Waals surface area contributed by atoms with Crippen LogP contribution in [0.3, 0.4) is 0 Å². The van der Waals surface area contributed by atoms with Crippen molar-refractivity contribution in [2.45, 2.75) is 6.92 Å². The van der Waals surface area contributed by atoms with Crippen molar-refractivity contribution in [1.29, 1.82) is 0 Å². The first kappa shape index (κ1) is 14.2. The molecular formula is C18H16O4. The summed E-state index contributed by atoms with van der Waals surface area (Å²) in [5.41, 5.74) is 2.27. The lowest BCUT2D eigenvalue weighted by molar-refractivity contribution is 0.0990. The lowest BCUT2D eigenvalue weighted by atomic mass is 10.0. The topological polar surface area (TPSA) is 48.7 Å². The van der Waals surface area contributed by atoms with Gasteiger partial charge in [0.15, 0.2) is 22.9 Å². The van der Waals surface area contributed by atoms with Gasteiger partial charge in [-0.1, -0.05) is 24.3 Å². The van der Waals surface area contributed by atoms with Crippen molar-refractivity contribution in [3.8, 4) is 22.6 Å². The van der Waals surface area contributed by atoms with E-state index in [9.17, 15) is 4.79 Å². The van der Waals surface area contributed by atoms with Gasteiger partial charge in [0.1, 0.15) is 5.75 Å². The molecule has 2 aromatic carbocycles. The number of hydrogen-bond acceptors (Lipinski definition) is 4.